The molecule has 0 radical (unpaired) electrons. The highest BCUT2D eigenvalue weighted by Gasteiger charge is 2.10. The summed E-state index contributed by atoms with van der Waals surface area (Å²) < 4.78 is 0. The second-order valence-electron chi connectivity index (χ2n) is 5.40. The molecule has 0 heterocycles. The average molecular weight is 241 g/mol. The van der Waals surface area contributed by atoms with Gasteiger partial charge < -0.3 is 5.32 Å². The van der Waals surface area contributed by atoms with Crippen LogP contribution in [-0.4, -0.2) is 12.5 Å². The van der Waals surface area contributed by atoms with Gasteiger partial charge in [0.1, 0.15) is 0 Å². The maximum absolute atomic E-state index is 10.4. The van der Waals surface area contributed by atoms with Crippen molar-refractivity contribution in [3.63, 3.8) is 0 Å². The Labute approximate surface area is 108 Å². The lowest BCUT2D eigenvalue weighted by molar-refractivity contribution is -0.110. The van der Waals surface area contributed by atoms with E-state index in [0.29, 0.717) is 12.0 Å². The van der Waals surface area contributed by atoms with Crippen LogP contribution in [0.1, 0.15) is 78.6 Å². The maximum atomic E-state index is 10.4. The molecule has 0 spiro atoms. The van der Waals surface area contributed by atoms with Crippen molar-refractivity contribution in [2.24, 2.45) is 5.92 Å². The summed E-state index contributed by atoms with van der Waals surface area (Å²) in [6.45, 7) is 6.60. The molecule has 102 valence electrons. The molecule has 0 fully saturated rings. The Balaban J connectivity index is 3.33. The van der Waals surface area contributed by atoms with Gasteiger partial charge in [-0.3, -0.25) is 4.79 Å². The molecule has 0 aliphatic carbocycles. The van der Waals surface area contributed by atoms with Crippen LogP contribution in [0.5, 0.6) is 0 Å². The summed E-state index contributed by atoms with van der Waals surface area (Å²) in [5, 5.41) is 2.92. The molecule has 0 bridgehead atoms. The van der Waals surface area contributed by atoms with Crippen LogP contribution < -0.4 is 5.32 Å². The van der Waals surface area contributed by atoms with E-state index in [4.69, 9.17) is 0 Å². The zero-order valence-electron chi connectivity index (χ0n) is 12.0. The fraction of sp³-hybridized carbons (Fsp3) is 0.933. The van der Waals surface area contributed by atoms with Crippen LogP contribution in [0.15, 0.2) is 0 Å². The van der Waals surface area contributed by atoms with Crippen molar-refractivity contribution in [1.82, 2.24) is 5.32 Å². The SMILES string of the molecule is CCCCCCCCCCC(NC=O)C(C)C. The van der Waals surface area contributed by atoms with Crippen LogP contribution in [0.2, 0.25) is 0 Å². The zero-order chi connectivity index (χ0) is 12.9. The van der Waals surface area contributed by atoms with E-state index >= 15 is 0 Å². The largest absolute Gasteiger partial charge is 0.356 e. The Morgan fingerprint density at radius 3 is 1.94 bits per heavy atom. The number of rotatable bonds is 12. The van der Waals surface area contributed by atoms with Crippen molar-refractivity contribution in [1.29, 1.82) is 0 Å². The number of carbonyl (C=O) groups excluding carboxylic acids is 1. The minimum atomic E-state index is 0.368. The minimum Gasteiger partial charge on any atom is -0.356 e. The highest BCUT2D eigenvalue weighted by atomic mass is 16.1. The van der Waals surface area contributed by atoms with Gasteiger partial charge in [0, 0.05) is 6.04 Å². The van der Waals surface area contributed by atoms with Crippen molar-refractivity contribution >= 4 is 6.41 Å². The zero-order valence-corrected chi connectivity index (χ0v) is 12.0. The molecule has 2 heteroatoms. The summed E-state index contributed by atoms with van der Waals surface area (Å²) in [4.78, 5) is 10.4. The Kier molecular flexibility index (Phi) is 11.6. The lowest BCUT2D eigenvalue weighted by atomic mass is 9.97. The molecule has 0 saturated heterocycles. The average Bonchev–Trinajstić information content (AvgIpc) is 2.31. The van der Waals surface area contributed by atoms with Crippen molar-refractivity contribution in [2.45, 2.75) is 84.6 Å². The summed E-state index contributed by atoms with van der Waals surface area (Å²) >= 11 is 0. The summed E-state index contributed by atoms with van der Waals surface area (Å²) in [6.07, 6.45) is 12.8. The van der Waals surface area contributed by atoms with Crippen LogP contribution in [0.4, 0.5) is 0 Å². The first-order chi connectivity index (χ1) is 8.22. The lowest BCUT2D eigenvalue weighted by Crippen LogP contribution is -2.32. The predicted molar refractivity (Wildman–Crippen MR) is 75.1 cm³/mol. The van der Waals surface area contributed by atoms with Gasteiger partial charge in [-0.15, -0.1) is 0 Å². The van der Waals surface area contributed by atoms with Crippen LogP contribution in [0.3, 0.4) is 0 Å². The summed E-state index contributed by atoms with van der Waals surface area (Å²) in [5.41, 5.74) is 0. The number of carbonyl (C=O) groups is 1. The molecular weight excluding hydrogens is 210 g/mol. The standard InChI is InChI=1S/C15H31NO/c1-4-5-6-7-8-9-10-11-12-15(14(2)3)16-13-17/h13-15H,4-12H2,1-3H3,(H,16,17). The van der Waals surface area contributed by atoms with Gasteiger partial charge in [-0.25, -0.2) is 0 Å². The minimum absolute atomic E-state index is 0.368. The molecule has 1 atom stereocenters. The quantitative estimate of drug-likeness (QED) is 0.401. The summed E-state index contributed by atoms with van der Waals surface area (Å²) in [7, 11) is 0. The van der Waals surface area contributed by atoms with Gasteiger partial charge in [0.2, 0.25) is 6.41 Å². The third-order valence-electron chi connectivity index (χ3n) is 3.46. The Morgan fingerprint density at radius 2 is 1.47 bits per heavy atom. The van der Waals surface area contributed by atoms with Crippen molar-refractivity contribution < 1.29 is 4.79 Å². The van der Waals surface area contributed by atoms with E-state index in [1.165, 1.54) is 51.4 Å². The van der Waals surface area contributed by atoms with Crippen LogP contribution in [0, 0.1) is 5.92 Å². The molecule has 0 aromatic carbocycles. The van der Waals surface area contributed by atoms with Crippen molar-refractivity contribution in [2.75, 3.05) is 0 Å². The molecule has 0 rings (SSSR count). The molecular formula is C15H31NO. The number of amides is 1. The van der Waals surface area contributed by atoms with E-state index in [1.54, 1.807) is 0 Å². The number of nitrogens with one attached hydrogen (secondary N) is 1. The highest BCUT2D eigenvalue weighted by Crippen LogP contribution is 2.13. The molecule has 0 aromatic heterocycles. The van der Waals surface area contributed by atoms with Gasteiger partial charge in [0.25, 0.3) is 0 Å². The van der Waals surface area contributed by atoms with Crippen molar-refractivity contribution in [3.05, 3.63) is 0 Å². The molecule has 1 N–H and O–H groups in total. The Bertz CT molecular complexity index is 168. The van der Waals surface area contributed by atoms with Crippen LogP contribution >= 0.6 is 0 Å². The molecule has 17 heavy (non-hydrogen) atoms. The first-order valence-corrected chi connectivity index (χ1v) is 7.42. The topological polar surface area (TPSA) is 29.1 Å². The monoisotopic (exact) mass is 241 g/mol. The summed E-state index contributed by atoms with van der Waals surface area (Å²) in [6, 6.07) is 0.368. The Morgan fingerprint density at radius 1 is 0.941 bits per heavy atom. The number of hydrogen-bond acceptors (Lipinski definition) is 1. The molecule has 0 aromatic rings. The van der Waals surface area contributed by atoms with Crippen LogP contribution in [-0.2, 0) is 4.79 Å². The fourth-order valence-corrected chi connectivity index (χ4v) is 2.19. The van der Waals surface area contributed by atoms with Crippen LogP contribution in [0.25, 0.3) is 0 Å². The van der Waals surface area contributed by atoms with Gasteiger partial charge >= 0.3 is 0 Å². The number of hydrogen-bond donors (Lipinski definition) is 1. The molecule has 0 aliphatic heterocycles. The van der Waals surface area contributed by atoms with Gasteiger partial charge in [-0.2, -0.15) is 0 Å². The van der Waals surface area contributed by atoms with Crippen molar-refractivity contribution in [3.8, 4) is 0 Å². The van der Waals surface area contributed by atoms with Gasteiger partial charge in [-0.05, 0) is 12.3 Å². The second-order valence-corrected chi connectivity index (χ2v) is 5.40. The third kappa shape index (κ3) is 10.3. The van der Waals surface area contributed by atoms with E-state index in [1.807, 2.05) is 0 Å². The van der Waals surface area contributed by atoms with Gasteiger partial charge in [0.15, 0.2) is 0 Å². The lowest BCUT2D eigenvalue weighted by Gasteiger charge is -2.19. The maximum Gasteiger partial charge on any atom is 0.207 e. The fourth-order valence-electron chi connectivity index (χ4n) is 2.19. The highest BCUT2D eigenvalue weighted by molar-refractivity contribution is 5.46. The van der Waals surface area contributed by atoms with Gasteiger partial charge in [0.05, 0.1) is 0 Å². The number of unbranched alkanes of at least 4 members (excludes halogenated alkanes) is 7. The van der Waals surface area contributed by atoms with E-state index in [2.05, 4.69) is 26.1 Å². The van der Waals surface area contributed by atoms with E-state index in [9.17, 15) is 4.79 Å². The van der Waals surface area contributed by atoms with E-state index in [0.717, 1.165) is 12.8 Å². The second kappa shape index (κ2) is 11.9. The molecule has 2 nitrogen and oxygen atoms in total. The van der Waals surface area contributed by atoms with E-state index in [-0.39, 0.29) is 0 Å². The van der Waals surface area contributed by atoms with E-state index < -0.39 is 0 Å². The first-order valence-electron chi connectivity index (χ1n) is 7.42. The Hall–Kier alpha value is -0.530. The predicted octanol–water partition coefficient (Wildman–Crippen LogP) is 4.29. The first kappa shape index (κ1) is 16.5. The smallest absolute Gasteiger partial charge is 0.207 e. The van der Waals surface area contributed by atoms with Gasteiger partial charge in [-0.1, -0.05) is 72.1 Å². The molecule has 0 saturated carbocycles. The third-order valence-corrected chi connectivity index (χ3v) is 3.46. The molecule has 1 unspecified atom stereocenters. The molecule has 0 aliphatic rings. The normalized spacial score (nSPS) is 12.7. The summed E-state index contributed by atoms with van der Waals surface area (Å²) in [5.74, 6) is 0.546. The molecule has 1 amide bonds.